The molecule has 25 heavy (non-hydrogen) atoms. The number of hydrogen-bond donors (Lipinski definition) is 1. The normalized spacial score (nSPS) is 13.3. The lowest BCUT2D eigenvalue weighted by molar-refractivity contribution is -0.115. The minimum Gasteiger partial charge on any atom is -0.333 e. The summed E-state index contributed by atoms with van der Waals surface area (Å²) in [4.78, 5) is 30.3. The van der Waals surface area contributed by atoms with Gasteiger partial charge in [0.05, 0.1) is 17.7 Å². The van der Waals surface area contributed by atoms with Gasteiger partial charge in [-0.2, -0.15) is 0 Å². The summed E-state index contributed by atoms with van der Waals surface area (Å²) in [6, 6.07) is 14.7. The van der Waals surface area contributed by atoms with Crippen LogP contribution in [0.5, 0.6) is 0 Å². The van der Waals surface area contributed by atoms with Crippen LogP contribution in [0, 0.1) is 0 Å². The lowest BCUT2D eigenvalue weighted by atomic mass is 10.1. The summed E-state index contributed by atoms with van der Waals surface area (Å²) in [6.07, 6.45) is 5.38. The van der Waals surface area contributed by atoms with E-state index in [1.54, 1.807) is 30.7 Å². The van der Waals surface area contributed by atoms with E-state index < -0.39 is 0 Å². The van der Waals surface area contributed by atoms with Crippen molar-refractivity contribution in [2.45, 2.75) is 6.54 Å². The number of nitrogens with zero attached hydrogens (tertiary/aromatic N) is 3. The van der Waals surface area contributed by atoms with E-state index in [0.717, 1.165) is 11.3 Å². The molecule has 6 nitrogen and oxygen atoms in total. The Labute approximate surface area is 144 Å². The number of nitrogens with one attached hydrogen (secondary N) is 1. The fourth-order valence-corrected chi connectivity index (χ4v) is 2.91. The predicted octanol–water partition coefficient (Wildman–Crippen LogP) is 2.53. The lowest BCUT2D eigenvalue weighted by Crippen LogP contribution is -2.42. The summed E-state index contributed by atoms with van der Waals surface area (Å²) < 4.78 is 1.96. The molecule has 1 aliphatic rings. The molecule has 0 bridgehead atoms. The van der Waals surface area contributed by atoms with Crippen molar-refractivity contribution >= 4 is 23.2 Å². The maximum Gasteiger partial charge on any atom is 0.258 e. The Morgan fingerprint density at radius 2 is 1.92 bits per heavy atom. The van der Waals surface area contributed by atoms with Crippen LogP contribution in [0.15, 0.2) is 67.3 Å². The summed E-state index contributed by atoms with van der Waals surface area (Å²) in [7, 11) is 0. The van der Waals surface area contributed by atoms with E-state index in [4.69, 9.17) is 0 Å². The molecule has 0 saturated heterocycles. The quantitative estimate of drug-likeness (QED) is 0.801. The van der Waals surface area contributed by atoms with Gasteiger partial charge < -0.3 is 9.88 Å². The Bertz CT molecular complexity index is 917. The summed E-state index contributed by atoms with van der Waals surface area (Å²) >= 11 is 0. The molecule has 0 unspecified atom stereocenters. The van der Waals surface area contributed by atoms with Crippen molar-refractivity contribution in [3.63, 3.8) is 0 Å². The first-order chi connectivity index (χ1) is 12.2. The van der Waals surface area contributed by atoms with Crippen molar-refractivity contribution in [1.29, 1.82) is 0 Å². The molecule has 1 aromatic heterocycles. The van der Waals surface area contributed by atoms with Crippen LogP contribution in [-0.4, -0.2) is 27.9 Å². The molecule has 4 rings (SSSR count). The average Bonchev–Trinajstić information content (AvgIpc) is 3.14. The molecule has 0 fully saturated rings. The van der Waals surface area contributed by atoms with Gasteiger partial charge in [0.2, 0.25) is 5.91 Å². The highest BCUT2D eigenvalue weighted by molar-refractivity contribution is 6.15. The molecule has 1 aliphatic heterocycles. The zero-order valence-corrected chi connectivity index (χ0v) is 13.4. The molecule has 3 aromatic rings. The van der Waals surface area contributed by atoms with Crippen molar-refractivity contribution in [3.05, 3.63) is 78.4 Å². The number of carbonyl (C=O) groups is 2. The van der Waals surface area contributed by atoms with E-state index in [-0.39, 0.29) is 18.4 Å². The SMILES string of the molecule is O=C1CN(C(=O)c2ccc(Cn3ccnc3)cc2)c2ccccc2N1. The first kappa shape index (κ1) is 15.1. The maximum absolute atomic E-state index is 12.9. The molecular formula is C19H16N4O2. The number of anilines is 2. The molecule has 0 aliphatic carbocycles. The first-order valence-corrected chi connectivity index (χ1v) is 7.96. The Morgan fingerprint density at radius 1 is 1.12 bits per heavy atom. The van der Waals surface area contributed by atoms with Crippen molar-refractivity contribution in [2.75, 3.05) is 16.8 Å². The van der Waals surface area contributed by atoms with Gasteiger partial charge in [0, 0.05) is 24.5 Å². The summed E-state index contributed by atoms with van der Waals surface area (Å²) in [5.41, 5.74) is 3.00. The largest absolute Gasteiger partial charge is 0.333 e. The molecule has 2 aromatic carbocycles. The molecule has 0 atom stereocenters. The van der Waals surface area contributed by atoms with Gasteiger partial charge in [-0.3, -0.25) is 14.5 Å². The summed E-state index contributed by atoms with van der Waals surface area (Å²) in [5.74, 6) is -0.375. The molecule has 2 heterocycles. The fourth-order valence-electron chi connectivity index (χ4n) is 2.91. The van der Waals surface area contributed by atoms with Gasteiger partial charge in [0.15, 0.2) is 0 Å². The number of para-hydroxylation sites is 2. The summed E-state index contributed by atoms with van der Waals surface area (Å²) in [6.45, 7) is 0.718. The van der Waals surface area contributed by atoms with Gasteiger partial charge in [-0.1, -0.05) is 24.3 Å². The van der Waals surface area contributed by atoms with Gasteiger partial charge in [-0.05, 0) is 29.8 Å². The van der Waals surface area contributed by atoms with E-state index in [1.165, 1.54) is 4.90 Å². The van der Waals surface area contributed by atoms with Gasteiger partial charge in [0.1, 0.15) is 6.54 Å². The van der Waals surface area contributed by atoms with Gasteiger partial charge in [-0.15, -0.1) is 0 Å². The Kier molecular flexibility index (Phi) is 3.78. The fraction of sp³-hybridized carbons (Fsp3) is 0.105. The molecule has 1 N–H and O–H groups in total. The van der Waals surface area contributed by atoms with Crippen LogP contribution in [-0.2, 0) is 11.3 Å². The van der Waals surface area contributed by atoms with Crippen molar-refractivity contribution < 1.29 is 9.59 Å². The number of imidazole rings is 1. The minimum atomic E-state index is -0.191. The van der Waals surface area contributed by atoms with Crippen LogP contribution in [0.25, 0.3) is 0 Å². The van der Waals surface area contributed by atoms with Crippen molar-refractivity contribution in [3.8, 4) is 0 Å². The smallest absolute Gasteiger partial charge is 0.258 e. The highest BCUT2D eigenvalue weighted by Gasteiger charge is 2.27. The number of carbonyl (C=O) groups excluding carboxylic acids is 2. The van der Waals surface area contributed by atoms with E-state index >= 15 is 0 Å². The molecule has 124 valence electrons. The Morgan fingerprint density at radius 3 is 2.68 bits per heavy atom. The number of fused-ring (bicyclic) bond motifs is 1. The standard InChI is InChI=1S/C19H16N4O2/c24-18-12-23(17-4-2-1-3-16(17)21-18)19(25)15-7-5-14(6-8-15)11-22-10-9-20-13-22/h1-10,13H,11-12H2,(H,21,24). The Balaban J connectivity index is 1.58. The third-order valence-corrected chi connectivity index (χ3v) is 4.14. The molecule has 6 heteroatoms. The molecule has 0 spiro atoms. The second-order valence-electron chi connectivity index (χ2n) is 5.89. The monoisotopic (exact) mass is 332 g/mol. The molecular weight excluding hydrogens is 316 g/mol. The first-order valence-electron chi connectivity index (χ1n) is 7.96. The zero-order valence-electron chi connectivity index (χ0n) is 13.4. The number of aromatic nitrogens is 2. The highest BCUT2D eigenvalue weighted by atomic mass is 16.2. The molecule has 0 radical (unpaired) electrons. The third kappa shape index (κ3) is 3.01. The van der Waals surface area contributed by atoms with E-state index in [2.05, 4.69) is 10.3 Å². The molecule has 2 amide bonds. The van der Waals surface area contributed by atoms with E-state index in [9.17, 15) is 9.59 Å². The van der Waals surface area contributed by atoms with Crippen molar-refractivity contribution in [2.24, 2.45) is 0 Å². The van der Waals surface area contributed by atoms with E-state index in [0.29, 0.717) is 17.8 Å². The topological polar surface area (TPSA) is 67.2 Å². The second-order valence-corrected chi connectivity index (χ2v) is 5.89. The number of benzene rings is 2. The number of amides is 2. The van der Waals surface area contributed by atoms with Crippen LogP contribution >= 0.6 is 0 Å². The van der Waals surface area contributed by atoms with Crippen LogP contribution in [0.1, 0.15) is 15.9 Å². The van der Waals surface area contributed by atoms with Gasteiger partial charge >= 0.3 is 0 Å². The number of hydrogen-bond acceptors (Lipinski definition) is 3. The predicted molar refractivity (Wildman–Crippen MR) is 94.5 cm³/mol. The van der Waals surface area contributed by atoms with Crippen LogP contribution in [0.2, 0.25) is 0 Å². The zero-order chi connectivity index (χ0) is 17.2. The Hall–Kier alpha value is -3.41. The van der Waals surface area contributed by atoms with Crippen LogP contribution in [0.3, 0.4) is 0 Å². The van der Waals surface area contributed by atoms with Crippen LogP contribution < -0.4 is 10.2 Å². The third-order valence-electron chi connectivity index (χ3n) is 4.14. The highest BCUT2D eigenvalue weighted by Crippen LogP contribution is 2.30. The minimum absolute atomic E-state index is 0.0205. The van der Waals surface area contributed by atoms with Gasteiger partial charge in [-0.25, -0.2) is 4.98 Å². The van der Waals surface area contributed by atoms with Gasteiger partial charge in [0.25, 0.3) is 5.91 Å². The number of rotatable bonds is 3. The van der Waals surface area contributed by atoms with Crippen LogP contribution in [0.4, 0.5) is 11.4 Å². The summed E-state index contributed by atoms with van der Waals surface area (Å²) in [5, 5.41) is 2.79. The second kappa shape index (κ2) is 6.24. The van der Waals surface area contributed by atoms with E-state index in [1.807, 2.05) is 41.1 Å². The van der Waals surface area contributed by atoms with Crippen molar-refractivity contribution in [1.82, 2.24) is 9.55 Å². The average molecular weight is 332 g/mol. The molecule has 0 saturated carbocycles. The maximum atomic E-state index is 12.9. The lowest BCUT2D eigenvalue weighted by Gasteiger charge is -2.29.